The molecule has 0 radical (unpaired) electrons. The van der Waals surface area contributed by atoms with Crippen LogP contribution in [-0.2, 0) is 4.79 Å². The fraction of sp³-hybridized carbons (Fsp3) is 0.0833. The summed E-state index contributed by atoms with van der Waals surface area (Å²) >= 11 is 0. The number of carbonyl (C=O) groups is 1. The van der Waals surface area contributed by atoms with Gasteiger partial charge in [0.1, 0.15) is 6.42 Å². The molecule has 0 aliphatic carbocycles. The van der Waals surface area contributed by atoms with Crippen molar-refractivity contribution in [3.63, 3.8) is 0 Å². The smallest absolute Gasteiger partial charge is 0.239 e. The third kappa shape index (κ3) is 2.69. The molecule has 2 N–H and O–H groups in total. The topological polar surface area (TPSA) is 81.6 Å². The predicted molar refractivity (Wildman–Crippen MR) is 62.9 cm³/mol. The minimum Gasteiger partial charge on any atom is -0.308 e. The van der Waals surface area contributed by atoms with Crippen LogP contribution in [0.4, 0.5) is 5.82 Å². The number of benzene rings is 1. The fourth-order valence-electron chi connectivity index (χ4n) is 1.41. The van der Waals surface area contributed by atoms with E-state index in [0.717, 1.165) is 11.3 Å². The van der Waals surface area contributed by atoms with E-state index in [-0.39, 0.29) is 12.3 Å². The lowest BCUT2D eigenvalue weighted by atomic mass is 10.2. The summed E-state index contributed by atoms with van der Waals surface area (Å²) in [5.74, 6) is 0.0581. The fourth-order valence-corrected chi connectivity index (χ4v) is 1.41. The Balaban J connectivity index is 2.12. The SMILES string of the molecule is N#CCC(=O)Nc1cc(-c2ccccc2)[nH]n1. The second-order valence-corrected chi connectivity index (χ2v) is 3.42. The van der Waals surface area contributed by atoms with E-state index >= 15 is 0 Å². The number of nitriles is 1. The molecule has 1 aromatic heterocycles. The molecule has 5 nitrogen and oxygen atoms in total. The highest BCUT2D eigenvalue weighted by atomic mass is 16.1. The van der Waals surface area contributed by atoms with Crippen molar-refractivity contribution < 1.29 is 4.79 Å². The number of hydrogen-bond donors (Lipinski definition) is 2. The van der Waals surface area contributed by atoms with Gasteiger partial charge in [0.2, 0.25) is 5.91 Å². The highest BCUT2D eigenvalue weighted by Gasteiger charge is 2.06. The van der Waals surface area contributed by atoms with Gasteiger partial charge in [0.05, 0.1) is 11.8 Å². The van der Waals surface area contributed by atoms with Crippen molar-refractivity contribution in [3.05, 3.63) is 36.4 Å². The van der Waals surface area contributed by atoms with Crippen LogP contribution in [0.3, 0.4) is 0 Å². The van der Waals surface area contributed by atoms with Crippen LogP contribution in [0.5, 0.6) is 0 Å². The first kappa shape index (κ1) is 10.9. The molecule has 0 fully saturated rings. The van der Waals surface area contributed by atoms with Crippen LogP contribution in [0.1, 0.15) is 6.42 Å². The van der Waals surface area contributed by atoms with Gasteiger partial charge in [0.25, 0.3) is 0 Å². The van der Waals surface area contributed by atoms with Crippen molar-refractivity contribution in [2.24, 2.45) is 0 Å². The molecule has 1 heterocycles. The molecule has 84 valence electrons. The number of anilines is 1. The Kier molecular flexibility index (Phi) is 3.17. The first-order chi connectivity index (χ1) is 8.29. The van der Waals surface area contributed by atoms with Gasteiger partial charge in [-0.15, -0.1) is 0 Å². The van der Waals surface area contributed by atoms with Crippen LogP contribution < -0.4 is 5.32 Å². The predicted octanol–water partition coefficient (Wildman–Crippen LogP) is 1.93. The van der Waals surface area contributed by atoms with E-state index < -0.39 is 0 Å². The molecule has 0 saturated heterocycles. The lowest BCUT2D eigenvalue weighted by molar-refractivity contribution is -0.115. The van der Waals surface area contributed by atoms with Gasteiger partial charge in [0, 0.05) is 6.07 Å². The number of hydrogen-bond acceptors (Lipinski definition) is 3. The van der Waals surface area contributed by atoms with E-state index in [1.165, 1.54) is 0 Å². The van der Waals surface area contributed by atoms with Crippen LogP contribution in [0.2, 0.25) is 0 Å². The molecule has 5 heteroatoms. The second-order valence-electron chi connectivity index (χ2n) is 3.42. The van der Waals surface area contributed by atoms with Crippen molar-refractivity contribution in [2.75, 3.05) is 5.32 Å². The van der Waals surface area contributed by atoms with Crippen LogP contribution in [0.15, 0.2) is 36.4 Å². The van der Waals surface area contributed by atoms with Crippen LogP contribution in [-0.4, -0.2) is 16.1 Å². The second kappa shape index (κ2) is 4.94. The normalized spacial score (nSPS) is 9.59. The molecule has 2 aromatic rings. The molecule has 0 bridgehead atoms. The molecule has 17 heavy (non-hydrogen) atoms. The summed E-state index contributed by atoms with van der Waals surface area (Å²) < 4.78 is 0. The number of nitrogens with zero attached hydrogens (tertiary/aromatic N) is 2. The summed E-state index contributed by atoms with van der Waals surface area (Å²) in [7, 11) is 0. The molecule has 1 amide bonds. The van der Waals surface area contributed by atoms with E-state index in [0.29, 0.717) is 5.82 Å². The zero-order chi connectivity index (χ0) is 12.1. The minimum absolute atomic E-state index is 0.173. The Hall–Kier alpha value is -2.61. The summed E-state index contributed by atoms with van der Waals surface area (Å²) in [4.78, 5) is 11.2. The zero-order valence-corrected chi connectivity index (χ0v) is 8.97. The number of amides is 1. The molecule has 0 spiro atoms. The van der Waals surface area contributed by atoms with Crippen molar-refractivity contribution in [3.8, 4) is 17.3 Å². The number of carbonyl (C=O) groups excluding carboxylic acids is 1. The summed E-state index contributed by atoms with van der Waals surface area (Å²) in [5, 5.41) is 17.7. The molecule has 0 atom stereocenters. The lowest BCUT2D eigenvalue weighted by Crippen LogP contribution is -2.10. The molecular weight excluding hydrogens is 216 g/mol. The van der Waals surface area contributed by atoms with E-state index in [2.05, 4.69) is 15.5 Å². The standard InChI is InChI=1S/C12H10N4O/c13-7-6-12(17)14-11-8-10(15-16-11)9-4-2-1-3-5-9/h1-5,8H,6H2,(H2,14,15,16,17). The monoisotopic (exact) mass is 226 g/mol. The number of nitrogens with one attached hydrogen (secondary N) is 2. The van der Waals surface area contributed by atoms with Gasteiger partial charge in [-0.3, -0.25) is 9.89 Å². The highest BCUT2D eigenvalue weighted by Crippen LogP contribution is 2.18. The summed E-state index contributed by atoms with van der Waals surface area (Å²) in [6.45, 7) is 0. The van der Waals surface area contributed by atoms with Gasteiger partial charge in [-0.2, -0.15) is 10.4 Å². The number of aromatic amines is 1. The van der Waals surface area contributed by atoms with Crippen molar-refractivity contribution in [1.29, 1.82) is 5.26 Å². The first-order valence-corrected chi connectivity index (χ1v) is 5.07. The Morgan fingerprint density at radius 1 is 1.41 bits per heavy atom. The average molecular weight is 226 g/mol. The summed E-state index contributed by atoms with van der Waals surface area (Å²) in [6.07, 6.45) is -0.173. The van der Waals surface area contributed by atoms with E-state index in [4.69, 9.17) is 5.26 Å². The largest absolute Gasteiger partial charge is 0.308 e. The zero-order valence-electron chi connectivity index (χ0n) is 8.97. The van der Waals surface area contributed by atoms with Crippen LogP contribution >= 0.6 is 0 Å². The van der Waals surface area contributed by atoms with Gasteiger partial charge in [-0.05, 0) is 5.56 Å². The lowest BCUT2D eigenvalue weighted by Gasteiger charge is -1.95. The maximum absolute atomic E-state index is 11.2. The summed E-state index contributed by atoms with van der Waals surface area (Å²) in [5.41, 5.74) is 1.80. The highest BCUT2D eigenvalue weighted by molar-refractivity contribution is 5.91. The first-order valence-electron chi connectivity index (χ1n) is 5.07. The molecular formula is C12H10N4O. The third-order valence-corrected chi connectivity index (χ3v) is 2.17. The Labute approximate surface area is 98.1 Å². The third-order valence-electron chi connectivity index (χ3n) is 2.17. The maximum atomic E-state index is 11.2. The van der Waals surface area contributed by atoms with Gasteiger partial charge >= 0.3 is 0 Å². The molecule has 2 rings (SSSR count). The van der Waals surface area contributed by atoms with Crippen LogP contribution in [0.25, 0.3) is 11.3 Å². The van der Waals surface area contributed by atoms with E-state index in [1.54, 1.807) is 12.1 Å². The molecule has 0 aliphatic heterocycles. The molecule has 1 aromatic carbocycles. The number of rotatable bonds is 3. The van der Waals surface area contributed by atoms with Gasteiger partial charge in [0.15, 0.2) is 5.82 Å². The maximum Gasteiger partial charge on any atom is 0.239 e. The molecule has 0 unspecified atom stereocenters. The number of H-pyrrole nitrogens is 1. The van der Waals surface area contributed by atoms with E-state index in [9.17, 15) is 4.79 Å². The Bertz CT molecular complexity index is 553. The van der Waals surface area contributed by atoms with E-state index in [1.807, 2.05) is 30.3 Å². The van der Waals surface area contributed by atoms with Crippen molar-refractivity contribution in [1.82, 2.24) is 10.2 Å². The van der Waals surface area contributed by atoms with Crippen molar-refractivity contribution in [2.45, 2.75) is 6.42 Å². The number of aromatic nitrogens is 2. The minimum atomic E-state index is -0.362. The van der Waals surface area contributed by atoms with Gasteiger partial charge < -0.3 is 5.32 Å². The van der Waals surface area contributed by atoms with Gasteiger partial charge in [-0.1, -0.05) is 30.3 Å². The average Bonchev–Trinajstić information content (AvgIpc) is 2.79. The quantitative estimate of drug-likeness (QED) is 0.838. The Morgan fingerprint density at radius 2 is 2.18 bits per heavy atom. The van der Waals surface area contributed by atoms with Gasteiger partial charge in [-0.25, -0.2) is 0 Å². The van der Waals surface area contributed by atoms with Crippen LogP contribution in [0, 0.1) is 11.3 Å². The Morgan fingerprint density at radius 3 is 2.88 bits per heavy atom. The van der Waals surface area contributed by atoms with Crippen molar-refractivity contribution >= 4 is 11.7 Å². The molecule has 0 aliphatic rings. The molecule has 0 saturated carbocycles. The summed E-state index contributed by atoms with van der Waals surface area (Å²) in [6, 6.07) is 13.1.